The minimum atomic E-state index is -1.97. The van der Waals surface area contributed by atoms with Crippen molar-refractivity contribution in [3.05, 3.63) is 0 Å². The van der Waals surface area contributed by atoms with Crippen LogP contribution in [0.2, 0.25) is 18.2 Å². The van der Waals surface area contributed by atoms with Crippen LogP contribution in [0.15, 0.2) is 0 Å². The van der Waals surface area contributed by atoms with Gasteiger partial charge in [-0.1, -0.05) is 0 Å². The molecule has 88 valence electrons. The van der Waals surface area contributed by atoms with Gasteiger partial charge in [0, 0.05) is 0 Å². The molecule has 0 saturated heterocycles. The van der Waals surface area contributed by atoms with Gasteiger partial charge in [0.05, 0.1) is 0 Å². The van der Waals surface area contributed by atoms with E-state index in [1.165, 1.54) is 25.7 Å². The number of unbranched alkanes of at least 4 members (excludes halogenated alkanes) is 1. The average molecular weight is 317 g/mol. The van der Waals surface area contributed by atoms with Crippen LogP contribution in [0.3, 0.4) is 0 Å². The zero-order valence-corrected chi connectivity index (χ0v) is 13.7. The van der Waals surface area contributed by atoms with Crippen molar-refractivity contribution in [2.75, 3.05) is 0 Å². The number of rotatable bonds is 4. The van der Waals surface area contributed by atoms with Crippen molar-refractivity contribution in [2.24, 2.45) is 0 Å². The van der Waals surface area contributed by atoms with Crippen LogP contribution in [0.1, 0.15) is 51.9 Å². The monoisotopic (exact) mass is 318 g/mol. The molecule has 0 aliphatic heterocycles. The van der Waals surface area contributed by atoms with E-state index in [0.717, 1.165) is 19.3 Å². The van der Waals surface area contributed by atoms with Gasteiger partial charge < -0.3 is 0 Å². The summed E-state index contributed by atoms with van der Waals surface area (Å²) in [5.74, 6) is 0.545. The number of hydrogen-bond donors (Lipinski definition) is 0. The summed E-state index contributed by atoms with van der Waals surface area (Å²) in [7, 11) is 0. The molecular formula is C13H26OSn. The normalized spacial score (nSPS) is 28.1. The molecular weight excluding hydrogens is 291 g/mol. The molecule has 1 nitrogen and oxygen atoms in total. The van der Waals surface area contributed by atoms with E-state index in [9.17, 15) is 4.79 Å². The number of hydrogen-bond acceptors (Lipinski definition) is 1. The molecule has 1 unspecified atom stereocenters. The average Bonchev–Trinajstić information content (AvgIpc) is 2.13. The molecule has 1 aliphatic carbocycles. The predicted octanol–water partition coefficient (Wildman–Crippen LogP) is 4.40. The van der Waals surface area contributed by atoms with Crippen LogP contribution < -0.4 is 0 Å². The molecule has 1 fully saturated rings. The molecule has 2 heteroatoms. The van der Waals surface area contributed by atoms with Gasteiger partial charge in [-0.2, -0.15) is 0 Å². The summed E-state index contributed by atoms with van der Waals surface area (Å²) in [4.78, 5) is 19.3. The fraction of sp³-hybridized carbons (Fsp3) is 0.923. The first-order chi connectivity index (χ1) is 6.91. The van der Waals surface area contributed by atoms with Gasteiger partial charge in [-0.3, -0.25) is 0 Å². The molecule has 1 saturated carbocycles. The molecule has 0 bridgehead atoms. The van der Waals surface area contributed by atoms with E-state index in [0.29, 0.717) is 9.21 Å². The zero-order chi connectivity index (χ0) is 11.5. The fourth-order valence-electron chi connectivity index (χ4n) is 2.92. The van der Waals surface area contributed by atoms with Crippen molar-refractivity contribution < 1.29 is 4.79 Å². The van der Waals surface area contributed by atoms with Crippen LogP contribution in [-0.2, 0) is 4.79 Å². The number of Topliss-reactive ketones (excluding diaryl/α,β-unsaturated/α-hetero) is 1. The summed E-state index contributed by atoms with van der Waals surface area (Å²) in [6, 6.07) is 0. The zero-order valence-electron chi connectivity index (χ0n) is 10.9. The maximum atomic E-state index is 11.7. The molecule has 1 atom stereocenters. The molecule has 0 N–H and O–H groups in total. The van der Waals surface area contributed by atoms with Crippen molar-refractivity contribution in [3.8, 4) is 0 Å². The second-order valence-electron chi connectivity index (χ2n) is 6.20. The van der Waals surface area contributed by atoms with Gasteiger partial charge in [-0.05, 0) is 0 Å². The first-order valence-electron chi connectivity index (χ1n) is 6.43. The molecule has 0 spiro atoms. The van der Waals surface area contributed by atoms with Crippen molar-refractivity contribution in [1.29, 1.82) is 0 Å². The van der Waals surface area contributed by atoms with Crippen LogP contribution in [0.5, 0.6) is 0 Å². The Morgan fingerprint density at radius 2 is 2.00 bits per heavy atom. The molecule has 0 aromatic carbocycles. The number of carbonyl (C=O) groups excluding carboxylic acids is 1. The van der Waals surface area contributed by atoms with E-state index >= 15 is 0 Å². The molecule has 0 amide bonds. The summed E-state index contributed by atoms with van der Waals surface area (Å²) in [5, 5.41) is 0. The van der Waals surface area contributed by atoms with E-state index < -0.39 is 18.4 Å². The Morgan fingerprint density at radius 3 is 2.47 bits per heavy atom. The summed E-state index contributed by atoms with van der Waals surface area (Å²) in [6.07, 6.45) is 8.21. The van der Waals surface area contributed by atoms with E-state index in [1.54, 1.807) is 0 Å². The van der Waals surface area contributed by atoms with Gasteiger partial charge in [0.15, 0.2) is 0 Å². The van der Waals surface area contributed by atoms with E-state index in [-0.39, 0.29) is 0 Å². The maximum absolute atomic E-state index is 11.7. The topological polar surface area (TPSA) is 17.1 Å². The summed E-state index contributed by atoms with van der Waals surface area (Å²) in [5.41, 5.74) is 0. The third kappa shape index (κ3) is 3.21. The Balaban J connectivity index is 2.80. The van der Waals surface area contributed by atoms with Crippen LogP contribution in [0, 0.1) is 0 Å². The SMILES string of the molecule is CCCC[C]1([Sn]([CH3])([CH3])[CH3])CCCC(=O)C1. The Labute approximate surface area is 98.9 Å². The Kier molecular flexibility index (Phi) is 4.69. The van der Waals surface area contributed by atoms with Crippen LogP contribution in [-0.4, -0.2) is 24.2 Å². The van der Waals surface area contributed by atoms with E-state index in [4.69, 9.17) is 0 Å². The minimum absolute atomic E-state index is 0.500. The second kappa shape index (κ2) is 5.20. The molecule has 15 heavy (non-hydrogen) atoms. The van der Waals surface area contributed by atoms with Gasteiger partial charge in [-0.15, -0.1) is 0 Å². The first-order valence-corrected chi connectivity index (χ1v) is 16.4. The number of carbonyl (C=O) groups is 1. The predicted molar refractivity (Wildman–Crippen MR) is 69.0 cm³/mol. The fourth-order valence-corrected chi connectivity index (χ4v) is 10.3. The summed E-state index contributed by atoms with van der Waals surface area (Å²) < 4.78 is 0.500. The number of ketones is 1. The molecule has 0 aromatic rings. The molecule has 1 rings (SSSR count). The quantitative estimate of drug-likeness (QED) is 0.703. The van der Waals surface area contributed by atoms with Crippen molar-refractivity contribution in [3.63, 3.8) is 0 Å². The van der Waals surface area contributed by atoms with Gasteiger partial charge >= 0.3 is 99.1 Å². The van der Waals surface area contributed by atoms with Crippen molar-refractivity contribution >= 4 is 24.2 Å². The van der Waals surface area contributed by atoms with Gasteiger partial charge in [0.1, 0.15) is 0 Å². The second-order valence-corrected chi connectivity index (χ2v) is 22.1. The summed E-state index contributed by atoms with van der Waals surface area (Å²) >= 11 is -1.97. The van der Waals surface area contributed by atoms with Gasteiger partial charge in [0.2, 0.25) is 0 Å². The van der Waals surface area contributed by atoms with Gasteiger partial charge in [0.25, 0.3) is 0 Å². The van der Waals surface area contributed by atoms with Crippen LogP contribution in [0.25, 0.3) is 0 Å². The Morgan fingerprint density at radius 1 is 1.33 bits per heavy atom. The van der Waals surface area contributed by atoms with Gasteiger partial charge in [-0.25, -0.2) is 0 Å². The van der Waals surface area contributed by atoms with Crippen molar-refractivity contribution in [1.82, 2.24) is 0 Å². The molecule has 0 heterocycles. The van der Waals surface area contributed by atoms with Crippen molar-refractivity contribution in [2.45, 2.75) is 70.1 Å². The van der Waals surface area contributed by atoms with E-state index in [1.807, 2.05) is 0 Å². The summed E-state index contributed by atoms with van der Waals surface area (Å²) in [6.45, 7) is 2.26. The molecule has 0 aromatic heterocycles. The molecule has 0 radical (unpaired) electrons. The first kappa shape index (κ1) is 13.5. The van der Waals surface area contributed by atoms with Crippen LogP contribution >= 0.6 is 0 Å². The third-order valence-corrected chi connectivity index (χ3v) is 15.3. The standard InChI is InChI=1S/C10H17O.3CH3.Sn/c1-2-3-5-9-6-4-7-10(11)8-9;;;;/h2-8H2,1H3;3*1H3;. The Bertz CT molecular complexity index is 229. The van der Waals surface area contributed by atoms with E-state index in [2.05, 4.69) is 21.7 Å². The van der Waals surface area contributed by atoms with Crippen LogP contribution in [0.4, 0.5) is 0 Å². The third-order valence-electron chi connectivity index (χ3n) is 4.25. The molecule has 1 aliphatic rings. The Hall–Kier alpha value is 0.469.